The van der Waals surface area contributed by atoms with Gasteiger partial charge in [-0.1, -0.05) is 182 Å². The minimum atomic E-state index is 0.671. The van der Waals surface area contributed by atoms with Gasteiger partial charge in [0.2, 0.25) is 0 Å². The number of nitrogens with zero attached hydrogens (tertiary/aromatic N) is 6. The van der Waals surface area contributed by atoms with Gasteiger partial charge in [0.05, 0.1) is 33.8 Å². The van der Waals surface area contributed by atoms with Gasteiger partial charge in [-0.25, -0.2) is 19.9 Å². The van der Waals surface area contributed by atoms with Crippen LogP contribution >= 0.6 is 0 Å². The van der Waals surface area contributed by atoms with Gasteiger partial charge in [0, 0.05) is 62.1 Å². The number of fused-ring (bicyclic) bond motifs is 2. The van der Waals surface area contributed by atoms with Crippen molar-refractivity contribution in [3.8, 4) is 90.1 Å². The molecule has 4 aromatic heterocycles. The summed E-state index contributed by atoms with van der Waals surface area (Å²) in [6.45, 7) is 0. The Morgan fingerprint density at radius 3 is 1.10 bits per heavy atom. The monoisotopic (exact) mass is 792 g/mol. The fourth-order valence-electron chi connectivity index (χ4n) is 8.04. The highest BCUT2D eigenvalue weighted by molar-refractivity contribution is 5.95. The maximum absolute atomic E-state index is 5.09. The summed E-state index contributed by atoms with van der Waals surface area (Å²) in [6.07, 6.45) is 3.68. The first-order valence-electron chi connectivity index (χ1n) is 20.6. The molecule has 0 radical (unpaired) electrons. The standard InChI is InChI=1S/C56H36N6/c1-3-11-45(12-4-1)55-59-49(35-50(60-55)42-31-25-39(26-32-42)47-19-7-15-43-17-9-33-57-53(43)47)40-27-21-37(22-28-40)38-23-29-41(30-24-38)51-36-52(62-56(61-51)46-13-5-2-6-14-46)48-20-8-16-44-18-10-34-58-54(44)48/h1-36H. The molecule has 0 saturated carbocycles. The van der Waals surface area contributed by atoms with Crippen LogP contribution in [-0.4, -0.2) is 29.9 Å². The molecule has 0 atom stereocenters. The Bertz CT molecular complexity index is 3360. The minimum Gasteiger partial charge on any atom is -0.256 e. The summed E-state index contributed by atoms with van der Waals surface area (Å²) in [5, 5.41) is 2.19. The number of aromatic nitrogens is 6. The van der Waals surface area contributed by atoms with Gasteiger partial charge < -0.3 is 0 Å². The highest BCUT2D eigenvalue weighted by Crippen LogP contribution is 2.35. The quantitative estimate of drug-likeness (QED) is 0.152. The van der Waals surface area contributed by atoms with Crippen LogP contribution in [0.4, 0.5) is 0 Å². The van der Waals surface area contributed by atoms with Crippen molar-refractivity contribution in [2.75, 3.05) is 0 Å². The molecular weight excluding hydrogens is 757 g/mol. The number of pyridine rings is 2. The molecule has 0 fully saturated rings. The van der Waals surface area contributed by atoms with E-state index in [1.165, 1.54) is 0 Å². The molecule has 0 unspecified atom stereocenters. The summed E-state index contributed by atoms with van der Waals surface area (Å²) in [5.41, 5.74) is 15.6. The second-order valence-electron chi connectivity index (χ2n) is 15.1. The molecular formula is C56H36N6. The van der Waals surface area contributed by atoms with Crippen LogP contribution in [0.1, 0.15) is 0 Å². The molecule has 0 spiro atoms. The first kappa shape index (κ1) is 36.6. The zero-order valence-electron chi connectivity index (χ0n) is 33.5. The van der Waals surface area contributed by atoms with Crippen molar-refractivity contribution in [1.29, 1.82) is 0 Å². The lowest BCUT2D eigenvalue weighted by atomic mass is 9.98. The number of para-hydroxylation sites is 2. The van der Waals surface area contributed by atoms with E-state index in [-0.39, 0.29) is 0 Å². The molecule has 11 aromatic rings. The van der Waals surface area contributed by atoms with Crippen molar-refractivity contribution in [1.82, 2.24) is 29.9 Å². The van der Waals surface area contributed by atoms with Crippen molar-refractivity contribution in [3.05, 3.63) is 219 Å². The molecule has 6 nitrogen and oxygen atoms in total. The first-order chi connectivity index (χ1) is 30.7. The SMILES string of the molecule is c1ccc(-c2nc(-c3ccc(-c4ccc(-c5cc(-c6cccc7cccnc67)nc(-c6ccccc6)n5)cc4)cc3)cc(-c3ccc(-c4cccc5cccnc45)cc3)n2)cc1. The molecule has 4 heterocycles. The van der Waals surface area contributed by atoms with E-state index < -0.39 is 0 Å². The Morgan fingerprint density at radius 2 is 0.613 bits per heavy atom. The van der Waals surface area contributed by atoms with Crippen molar-refractivity contribution < 1.29 is 0 Å². The second-order valence-corrected chi connectivity index (χ2v) is 15.1. The van der Waals surface area contributed by atoms with Crippen molar-refractivity contribution in [2.45, 2.75) is 0 Å². The van der Waals surface area contributed by atoms with Gasteiger partial charge in [-0.05, 0) is 41.0 Å². The lowest BCUT2D eigenvalue weighted by Gasteiger charge is -2.12. The average Bonchev–Trinajstić information content (AvgIpc) is 3.36. The van der Waals surface area contributed by atoms with Gasteiger partial charge >= 0.3 is 0 Å². The Labute approximate surface area is 359 Å². The van der Waals surface area contributed by atoms with Crippen LogP contribution in [0.15, 0.2) is 219 Å². The van der Waals surface area contributed by atoms with Crippen molar-refractivity contribution in [3.63, 3.8) is 0 Å². The summed E-state index contributed by atoms with van der Waals surface area (Å²) in [4.78, 5) is 29.7. The number of hydrogen-bond acceptors (Lipinski definition) is 6. The van der Waals surface area contributed by atoms with Gasteiger partial charge in [-0.3, -0.25) is 9.97 Å². The Kier molecular flexibility index (Phi) is 9.41. The van der Waals surface area contributed by atoms with Crippen LogP contribution in [0.3, 0.4) is 0 Å². The van der Waals surface area contributed by atoms with Crippen LogP contribution in [0.25, 0.3) is 112 Å². The fourth-order valence-corrected chi connectivity index (χ4v) is 8.04. The van der Waals surface area contributed by atoms with E-state index in [0.29, 0.717) is 11.6 Å². The molecule has 0 saturated heterocycles. The molecule has 11 rings (SSSR count). The predicted molar refractivity (Wildman–Crippen MR) is 252 cm³/mol. The van der Waals surface area contributed by atoms with E-state index in [0.717, 1.165) is 100 Å². The van der Waals surface area contributed by atoms with Gasteiger partial charge in [-0.15, -0.1) is 0 Å². The van der Waals surface area contributed by atoms with Crippen LogP contribution in [0.2, 0.25) is 0 Å². The maximum atomic E-state index is 5.09. The van der Waals surface area contributed by atoms with Crippen LogP contribution in [0.5, 0.6) is 0 Å². The number of benzene rings is 7. The van der Waals surface area contributed by atoms with Crippen LogP contribution in [-0.2, 0) is 0 Å². The maximum Gasteiger partial charge on any atom is 0.160 e. The van der Waals surface area contributed by atoms with Gasteiger partial charge in [-0.2, -0.15) is 0 Å². The van der Waals surface area contributed by atoms with E-state index in [2.05, 4.69) is 151 Å². The summed E-state index contributed by atoms with van der Waals surface area (Å²) in [5.74, 6) is 1.35. The second kappa shape index (κ2) is 15.9. The van der Waals surface area contributed by atoms with E-state index in [1.807, 2.05) is 73.1 Å². The zero-order valence-corrected chi connectivity index (χ0v) is 33.5. The third-order valence-corrected chi connectivity index (χ3v) is 11.2. The lowest BCUT2D eigenvalue weighted by Crippen LogP contribution is -1.97. The summed E-state index contributed by atoms with van der Waals surface area (Å²) in [7, 11) is 0. The molecule has 0 N–H and O–H groups in total. The Hall–Kier alpha value is -8.48. The van der Waals surface area contributed by atoms with Crippen LogP contribution < -0.4 is 0 Å². The van der Waals surface area contributed by atoms with Gasteiger partial charge in [0.1, 0.15) is 0 Å². The smallest absolute Gasteiger partial charge is 0.160 e. The Morgan fingerprint density at radius 1 is 0.242 bits per heavy atom. The molecule has 0 amide bonds. The molecule has 0 aliphatic carbocycles. The summed E-state index contributed by atoms with van der Waals surface area (Å²) in [6, 6.07) is 70.8. The number of rotatable bonds is 8. The highest BCUT2D eigenvalue weighted by atomic mass is 14.9. The average molecular weight is 793 g/mol. The molecule has 0 aliphatic heterocycles. The van der Waals surface area contributed by atoms with Crippen molar-refractivity contribution in [2.24, 2.45) is 0 Å². The molecule has 7 aromatic carbocycles. The largest absolute Gasteiger partial charge is 0.256 e. The van der Waals surface area contributed by atoms with E-state index >= 15 is 0 Å². The number of hydrogen-bond donors (Lipinski definition) is 0. The highest BCUT2D eigenvalue weighted by Gasteiger charge is 2.15. The fraction of sp³-hybridized carbons (Fsp3) is 0. The minimum absolute atomic E-state index is 0.671. The normalized spacial score (nSPS) is 11.2. The van der Waals surface area contributed by atoms with Gasteiger partial charge in [0.15, 0.2) is 11.6 Å². The first-order valence-corrected chi connectivity index (χ1v) is 20.6. The molecule has 6 heteroatoms. The third-order valence-electron chi connectivity index (χ3n) is 11.2. The lowest BCUT2D eigenvalue weighted by molar-refractivity contribution is 1.18. The predicted octanol–water partition coefficient (Wildman–Crippen LogP) is 13.7. The molecule has 62 heavy (non-hydrogen) atoms. The van der Waals surface area contributed by atoms with Crippen molar-refractivity contribution >= 4 is 21.8 Å². The van der Waals surface area contributed by atoms with E-state index in [9.17, 15) is 0 Å². The molecule has 0 bridgehead atoms. The van der Waals surface area contributed by atoms with E-state index in [1.54, 1.807) is 0 Å². The topological polar surface area (TPSA) is 77.3 Å². The molecule has 0 aliphatic rings. The third kappa shape index (κ3) is 7.16. The zero-order chi connectivity index (χ0) is 41.2. The van der Waals surface area contributed by atoms with Crippen LogP contribution in [0, 0.1) is 0 Å². The molecule has 290 valence electrons. The summed E-state index contributed by atoms with van der Waals surface area (Å²) < 4.78 is 0. The van der Waals surface area contributed by atoms with E-state index in [4.69, 9.17) is 24.9 Å². The van der Waals surface area contributed by atoms with Gasteiger partial charge in [0.25, 0.3) is 0 Å². The summed E-state index contributed by atoms with van der Waals surface area (Å²) >= 11 is 0. The Balaban J connectivity index is 0.911.